The van der Waals surface area contributed by atoms with Crippen molar-refractivity contribution in [3.05, 3.63) is 53.5 Å². The second kappa shape index (κ2) is 6.87. The molecule has 2 rings (SSSR count). The average Bonchev–Trinajstić information content (AvgIpc) is 2.98. The lowest BCUT2D eigenvalue weighted by molar-refractivity contribution is -0.119. The van der Waals surface area contributed by atoms with Gasteiger partial charge in [0.15, 0.2) is 0 Å². The number of aryl methyl sites for hydroxylation is 1. The molecule has 0 spiro atoms. The third kappa shape index (κ3) is 4.35. The highest BCUT2D eigenvalue weighted by Gasteiger charge is 2.22. The van der Waals surface area contributed by atoms with Gasteiger partial charge in [0.2, 0.25) is 15.9 Å². The van der Waals surface area contributed by atoms with Crippen LogP contribution in [0.5, 0.6) is 0 Å². The second-order valence-corrected chi connectivity index (χ2v) is 7.25. The lowest BCUT2D eigenvalue weighted by atomic mass is 10.1. The topological polar surface area (TPSA) is 79.6 Å². The maximum Gasteiger partial charge on any atom is 0.241 e. The first-order valence-corrected chi connectivity index (χ1v) is 8.97. The van der Waals surface area contributed by atoms with Crippen LogP contribution in [0.2, 0.25) is 0 Å². The van der Waals surface area contributed by atoms with Gasteiger partial charge in [0.25, 0.3) is 0 Å². The number of carbonyl (C=O) groups is 1. The number of rotatable bonds is 6. The first kappa shape index (κ1) is 17.1. The van der Waals surface area contributed by atoms with E-state index in [1.54, 1.807) is 24.3 Å². The Kier molecular flexibility index (Phi) is 5.10. The Hall–Kier alpha value is -2.28. The summed E-state index contributed by atoms with van der Waals surface area (Å²) in [5.41, 5.74) is 2.31. The molecule has 0 saturated carbocycles. The van der Waals surface area contributed by atoms with Crippen LogP contribution in [-0.2, 0) is 21.4 Å². The zero-order valence-electron chi connectivity index (χ0n) is 13.4. The Morgan fingerprint density at radius 2 is 1.96 bits per heavy atom. The maximum absolute atomic E-state index is 12.1. The minimum atomic E-state index is -3.58. The third-order valence-corrected chi connectivity index (χ3v) is 4.70. The number of amides is 1. The summed E-state index contributed by atoms with van der Waals surface area (Å²) in [5, 5.41) is 2.65. The van der Waals surface area contributed by atoms with Gasteiger partial charge in [-0.3, -0.25) is 9.10 Å². The predicted octanol–water partition coefficient (Wildman–Crippen LogP) is 1.98. The number of sulfonamides is 1. The number of furan rings is 1. The minimum absolute atomic E-state index is 0.218. The maximum atomic E-state index is 12.1. The average molecular weight is 336 g/mol. The van der Waals surface area contributed by atoms with Crippen molar-refractivity contribution in [2.24, 2.45) is 0 Å². The number of carbonyl (C=O) groups excluding carboxylic acids is 1. The Balaban J connectivity index is 2.16. The van der Waals surface area contributed by atoms with Crippen LogP contribution in [0.1, 0.15) is 16.9 Å². The van der Waals surface area contributed by atoms with Gasteiger partial charge in [-0.25, -0.2) is 8.42 Å². The summed E-state index contributed by atoms with van der Waals surface area (Å²) in [7, 11) is -3.58. The van der Waals surface area contributed by atoms with Crippen LogP contribution in [0, 0.1) is 13.8 Å². The molecule has 0 aliphatic rings. The van der Waals surface area contributed by atoms with Crippen molar-refractivity contribution in [3.63, 3.8) is 0 Å². The lowest BCUT2D eigenvalue weighted by Crippen LogP contribution is -2.40. The van der Waals surface area contributed by atoms with Crippen LogP contribution in [0.15, 0.2) is 41.0 Å². The van der Waals surface area contributed by atoms with E-state index in [0.29, 0.717) is 11.4 Å². The first-order chi connectivity index (χ1) is 10.8. The Morgan fingerprint density at radius 3 is 2.57 bits per heavy atom. The van der Waals surface area contributed by atoms with Gasteiger partial charge in [0, 0.05) is 0 Å². The lowest BCUT2D eigenvalue weighted by Gasteiger charge is -2.24. The smallest absolute Gasteiger partial charge is 0.241 e. The zero-order chi connectivity index (χ0) is 17.0. The van der Waals surface area contributed by atoms with E-state index < -0.39 is 15.9 Å². The van der Waals surface area contributed by atoms with Gasteiger partial charge in [-0.05, 0) is 43.2 Å². The summed E-state index contributed by atoms with van der Waals surface area (Å²) >= 11 is 0. The van der Waals surface area contributed by atoms with Gasteiger partial charge < -0.3 is 9.73 Å². The molecule has 0 aliphatic heterocycles. The molecule has 2 aromatic rings. The third-order valence-electron chi connectivity index (χ3n) is 3.57. The summed E-state index contributed by atoms with van der Waals surface area (Å²) in [6, 6.07) is 8.83. The van der Waals surface area contributed by atoms with Crippen LogP contribution in [0.4, 0.5) is 5.69 Å². The van der Waals surface area contributed by atoms with Crippen molar-refractivity contribution < 1.29 is 17.6 Å². The SMILES string of the molecule is Cc1cccc(N(CC(=O)NCc2ccco2)S(C)(=O)=O)c1C. The van der Waals surface area contributed by atoms with E-state index in [4.69, 9.17) is 4.42 Å². The standard InChI is InChI=1S/C16H20N2O4S/c1-12-6-4-8-15(13(12)2)18(23(3,20)21)11-16(19)17-10-14-7-5-9-22-14/h4-9H,10-11H2,1-3H3,(H,17,19). The molecule has 0 saturated heterocycles. The molecule has 1 amide bonds. The molecule has 0 aliphatic carbocycles. The molecule has 23 heavy (non-hydrogen) atoms. The van der Waals surface area contributed by atoms with Gasteiger partial charge in [-0.2, -0.15) is 0 Å². The summed E-state index contributed by atoms with van der Waals surface area (Å²) in [6.45, 7) is 3.68. The van der Waals surface area contributed by atoms with Crippen molar-refractivity contribution in [2.75, 3.05) is 17.1 Å². The molecular formula is C16H20N2O4S. The predicted molar refractivity (Wildman–Crippen MR) is 88.7 cm³/mol. The van der Waals surface area contributed by atoms with Gasteiger partial charge >= 0.3 is 0 Å². The molecule has 6 nitrogen and oxygen atoms in total. The van der Waals surface area contributed by atoms with Crippen molar-refractivity contribution in [3.8, 4) is 0 Å². The van der Waals surface area contributed by atoms with Gasteiger partial charge in [0.1, 0.15) is 12.3 Å². The molecule has 124 valence electrons. The van der Waals surface area contributed by atoms with Crippen molar-refractivity contribution in [1.82, 2.24) is 5.32 Å². The van der Waals surface area contributed by atoms with E-state index in [1.807, 2.05) is 19.9 Å². The number of hydrogen-bond acceptors (Lipinski definition) is 4. The van der Waals surface area contributed by atoms with Crippen molar-refractivity contribution in [1.29, 1.82) is 0 Å². The largest absolute Gasteiger partial charge is 0.467 e. The summed E-state index contributed by atoms with van der Waals surface area (Å²) < 4.78 is 30.4. The Labute approximate surface area is 136 Å². The van der Waals surface area contributed by atoms with Crippen LogP contribution < -0.4 is 9.62 Å². The molecule has 0 unspecified atom stereocenters. The van der Waals surface area contributed by atoms with Crippen LogP contribution >= 0.6 is 0 Å². The fraction of sp³-hybridized carbons (Fsp3) is 0.312. The second-order valence-electron chi connectivity index (χ2n) is 5.34. The molecule has 0 radical (unpaired) electrons. The number of anilines is 1. The number of benzene rings is 1. The summed E-state index contributed by atoms with van der Waals surface area (Å²) in [6.07, 6.45) is 2.61. The highest BCUT2D eigenvalue weighted by atomic mass is 32.2. The molecule has 0 atom stereocenters. The van der Waals surface area contributed by atoms with E-state index in [1.165, 1.54) is 6.26 Å². The zero-order valence-corrected chi connectivity index (χ0v) is 14.2. The minimum Gasteiger partial charge on any atom is -0.467 e. The monoisotopic (exact) mass is 336 g/mol. The van der Waals surface area contributed by atoms with Crippen LogP contribution in [0.25, 0.3) is 0 Å². The quantitative estimate of drug-likeness (QED) is 0.875. The van der Waals surface area contributed by atoms with E-state index >= 15 is 0 Å². The molecule has 1 aromatic heterocycles. The summed E-state index contributed by atoms with van der Waals surface area (Å²) in [4.78, 5) is 12.1. The molecule has 1 aromatic carbocycles. The van der Waals surface area contributed by atoms with Crippen molar-refractivity contribution >= 4 is 21.6 Å². The first-order valence-electron chi connectivity index (χ1n) is 7.12. The van der Waals surface area contributed by atoms with Crippen LogP contribution in [-0.4, -0.2) is 27.1 Å². The van der Waals surface area contributed by atoms with E-state index in [0.717, 1.165) is 21.7 Å². The van der Waals surface area contributed by atoms with E-state index in [2.05, 4.69) is 5.32 Å². The number of nitrogens with zero attached hydrogens (tertiary/aromatic N) is 1. The molecule has 7 heteroatoms. The number of nitrogens with one attached hydrogen (secondary N) is 1. The highest BCUT2D eigenvalue weighted by Crippen LogP contribution is 2.24. The fourth-order valence-electron chi connectivity index (χ4n) is 2.17. The summed E-state index contributed by atoms with van der Waals surface area (Å²) in [5.74, 6) is 0.212. The molecule has 1 N–H and O–H groups in total. The molecular weight excluding hydrogens is 316 g/mol. The Morgan fingerprint density at radius 1 is 1.22 bits per heavy atom. The van der Waals surface area contributed by atoms with Crippen LogP contribution in [0.3, 0.4) is 0 Å². The molecule has 1 heterocycles. The fourth-order valence-corrected chi connectivity index (χ4v) is 3.08. The number of hydrogen-bond donors (Lipinski definition) is 1. The normalized spacial score (nSPS) is 11.3. The molecule has 0 bridgehead atoms. The van der Waals surface area contributed by atoms with Gasteiger partial charge in [-0.1, -0.05) is 12.1 Å². The molecule has 0 fully saturated rings. The van der Waals surface area contributed by atoms with E-state index in [-0.39, 0.29) is 13.1 Å². The van der Waals surface area contributed by atoms with Crippen molar-refractivity contribution in [2.45, 2.75) is 20.4 Å². The Bertz CT molecular complexity index is 782. The van der Waals surface area contributed by atoms with Gasteiger partial charge in [0.05, 0.1) is 24.8 Å². The van der Waals surface area contributed by atoms with E-state index in [9.17, 15) is 13.2 Å². The van der Waals surface area contributed by atoms with Gasteiger partial charge in [-0.15, -0.1) is 0 Å². The highest BCUT2D eigenvalue weighted by molar-refractivity contribution is 7.92.